The molecule has 0 aliphatic carbocycles. The molecule has 2 nitrogen and oxygen atoms in total. The summed E-state index contributed by atoms with van der Waals surface area (Å²) in [6, 6.07) is 13.3. The van der Waals surface area contributed by atoms with Crippen molar-refractivity contribution in [3.63, 3.8) is 0 Å². The molecule has 29 heavy (non-hydrogen) atoms. The van der Waals surface area contributed by atoms with Gasteiger partial charge in [0.05, 0.1) is 5.92 Å². The number of carbonyl (C=O) groups excluding carboxylic acids is 1. The van der Waals surface area contributed by atoms with E-state index < -0.39 is 52.4 Å². The number of carbonyl (C=O) groups is 1. The molecule has 1 amide bonds. The Morgan fingerprint density at radius 2 is 1.24 bits per heavy atom. The quantitative estimate of drug-likeness (QED) is 0.337. The second kappa shape index (κ2) is 8.38. The number of benzene rings is 3. The summed E-state index contributed by atoms with van der Waals surface area (Å²) in [5.41, 5.74) is -0.447. The van der Waals surface area contributed by atoms with Crippen molar-refractivity contribution < 1.29 is 31.1 Å². The van der Waals surface area contributed by atoms with Gasteiger partial charge in [0.25, 0.3) is 0 Å². The van der Waals surface area contributed by atoms with Crippen molar-refractivity contribution in [3.05, 3.63) is 101 Å². The zero-order valence-electron chi connectivity index (χ0n) is 14.7. The van der Waals surface area contributed by atoms with Crippen molar-refractivity contribution in [1.82, 2.24) is 0 Å². The van der Waals surface area contributed by atoms with Crippen molar-refractivity contribution in [2.45, 2.75) is 12.3 Å². The fourth-order valence-electron chi connectivity index (χ4n) is 2.83. The number of amides is 1. The molecule has 0 aliphatic heterocycles. The van der Waals surface area contributed by atoms with Gasteiger partial charge in [-0.1, -0.05) is 42.5 Å². The average Bonchev–Trinajstić information content (AvgIpc) is 2.74. The highest BCUT2D eigenvalue weighted by Gasteiger charge is 2.29. The first-order valence-corrected chi connectivity index (χ1v) is 8.41. The molecule has 3 rings (SSSR count). The fourth-order valence-corrected chi connectivity index (χ4v) is 2.83. The average molecular weight is 409 g/mol. The maximum Gasteiger partial charge on any atom is 0.232 e. The molecular formula is C21H13F6NO. The minimum atomic E-state index is -2.32. The Bertz CT molecular complexity index is 1010. The molecule has 0 bridgehead atoms. The molecular weight excluding hydrogens is 396 g/mol. The van der Waals surface area contributed by atoms with Gasteiger partial charge in [0.1, 0.15) is 11.5 Å². The third-order valence-corrected chi connectivity index (χ3v) is 4.33. The third kappa shape index (κ3) is 4.26. The van der Waals surface area contributed by atoms with Gasteiger partial charge in [-0.05, 0) is 29.7 Å². The standard InChI is InChI=1S/C21H13F6NO/c22-13-8-6-11(7-9-13)10-14(12-4-2-1-3-5-12)21(29)28-20-18(26)16(24)15(23)17(25)19(20)27/h1-9,14H,10H2,(H,28,29). The van der Waals surface area contributed by atoms with Gasteiger partial charge in [-0.3, -0.25) is 4.79 Å². The third-order valence-electron chi connectivity index (χ3n) is 4.33. The molecule has 0 saturated heterocycles. The van der Waals surface area contributed by atoms with Crippen LogP contribution < -0.4 is 5.32 Å². The number of hydrogen-bond donors (Lipinski definition) is 1. The number of anilines is 1. The maximum atomic E-state index is 13.9. The Balaban J connectivity index is 1.97. The van der Waals surface area contributed by atoms with Crippen LogP contribution in [-0.2, 0) is 11.2 Å². The Morgan fingerprint density at radius 1 is 0.724 bits per heavy atom. The van der Waals surface area contributed by atoms with Gasteiger partial charge in [0, 0.05) is 0 Å². The van der Waals surface area contributed by atoms with E-state index in [4.69, 9.17) is 0 Å². The molecule has 0 aromatic heterocycles. The van der Waals surface area contributed by atoms with Crippen LogP contribution in [0.3, 0.4) is 0 Å². The van der Waals surface area contributed by atoms with Crippen molar-refractivity contribution in [2.75, 3.05) is 5.32 Å². The summed E-state index contributed by atoms with van der Waals surface area (Å²) in [5.74, 6) is -13.4. The molecule has 1 atom stereocenters. The van der Waals surface area contributed by atoms with Gasteiger partial charge in [0.15, 0.2) is 23.3 Å². The van der Waals surface area contributed by atoms with E-state index in [-0.39, 0.29) is 6.42 Å². The number of rotatable bonds is 5. The molecule has 0 fully saturated rings. The molecule has 150 valence electrons. The SMILES string of the molecule is O=C(Nc1c(F)c(F)c(F)c(F)c1F)C(Cc1ccc(F)cc1)c1ccccc1. The largest absolute Gasteiger partial charge is 0.320 e. The van der Waals surface area contributed by atoms with E-state index in [0.29, 0.717) is 11.1 Å². The first-order valence-electron chi connectivity index (χ1n) is 8.41. The topological polar surface area (TPSA) is 29.1 Å². The molecule has 0 saturated carbocycles. The monoisotopic (exact) mass is 409 g/mol. The van der Waals surface area contributed by atoms with Crippen molar-refractivity contribution >= 4 is 11.6 Å². The highest BCUT2D eigenvalue weighted by molar-refractivity contribution is 5.96. The zero-order valence-corrected chi connectivity index (χ0v) is 14.7. The first kappa shape index (κ1) is 20.4. The first-order chi connectivity index (χ1) is 13.8. The summed E-state index contributed by atoms with van der Waals surface area (Å²) in [6.07, 6.45) is 0.00548. The summed E-state index contributed by atoms with van der Waals surface area (Å²) < 4.78 is 81.0. The lowest BCUT2D eigenvalue weighted by Gasteiger charge is -2.18. The van der Waals surface area contributed by atoms with E-state index in [1.54, 1.807) is 30.3 Å². The molecule has 0 spiro atoms. The normalized spacial score (nSPS) is 11.9. The van der Waals surface area contributed by atoms with Crippen LogP contribution in [-0.4, -0.2) is 5.91 Å². The van der Waals surface area contributed by atoms with Crippen molar-refractivity contribution in [3.8, 4) is 0 Å². The second-order valence-electron chi connectivity index (χ2n) is 6.23. The molecule has 3 aromatic rings. The van der Waals surface area contributed by atoms with Gasteiger partial charge < -0.3 is 5.32 Å². The highest BCUT2D eigenvalue weighted by Crippen LogP contribution is 2.29. The van der Waals surface area contributed by atoms with Crippen LogP contribution in [0.15, 0.2) is 54.6 Å². The lowest BCUT2D eigenvalue weighted by Crippen LogP contribution is -2.25. The van der Waals surface area contributed by atoms with Crippen molar-refractivity contribution in [2.24, 2.45) is 0 Å². The molecule has 1 unspecified atom stereocenters. The van der Waals surface area contributed by atoms with Crippen LogP contribution in [0.1, 0.15) is 17.0 Å². The van der Waals surface area contributed by atoms with E-state index >= 15 is 0 Å². The molecule has 1 N–H and O–H groups in total. The van der Waals surface area contributed by atoms with E-state index in [1.165, 1.54) is 24.3 Å². The van der Waals surface area contributed by atoms with Crippen LogP contribution in [0.5, 0.6) is 0 Å². The van der Waals surface area contributed by atoms with Gasteiger partial charge in [-0.2, -0.15) is 0 Å². The predicted molar refractivity (Wildman–Crippen MR) is 94.1 cm³/mol. The fraction of sp³-hybridized carbons (Fsp3) is 0.0952. The minimum Gasteiger partial charge on any atom is -0.320 e. The van der Waals surface area contributed by atoms with E-state index in [2.05, 4.69) is 0 Å². The lowest BCUT2D eigenvalue weighted by atomic mass is 9.91. The van der Waals surface area contributed by atoms with Crippen molar-refractivity contribution in [1.29, 1.82) is 0 Å². The van der Waals surface area contributed by atoms with Crippen LogP contribution in [0.4, 0.5) is 32.0 Å². The summed E-state index contributed by atoms with van der Waals surface area (Å²) >= 11 is 0. The van der Waals surface area contributed by atoms with Crippen LogP contribution in [0.2, 0.25) is 0 Å². The summed E-state index contributed by atoms with van der Waals surface area (Å²) in [6.45, 7) is 0. The van der Waals surface area contributed by atoms with Crippen LogP contribution >= 0.6 is 0 Å². The van der Waals surface area contributed by atoms with E-state index in [9.17, 15) is 31.1 Å². The Kier molecular flexibility index (Phi) is 5.91. The predicted octanol–water partition coefficient (Wildman–Crippen LogP) is 5.49. The maximum absolute atomic E-state index is 13.9. The Labute approximate surface area is 161 Å². The van der Waals surface area contributed by atoms with Gasteiger partial charge >= 0.3 is 0 Å². The van der Waals surface area contributed by atoms with E-state index in [0.717, 1.165) is 0 Å². The summed E-state index contributed by atoms with van der Waals surface area (Å²) in [7, 11) is 0. The van der Waals surface area contributed by atoms with Crippen LogP contribution in [0.25, 0.3) is 0 Å². The Hall–Kier alpha value is -3.29. The lowest BCUT2D eigenvalue weighted by molar-refractivity contribution is -0.117. The Morgan fingerprint density at radius 3 is 1.79 bits per heavy atom. The zero-order chi connectivity index (χ0) is 21.1. The van der Waals surface area contributed by atoms with Crippen LogP contribution in [0, 0.1) is 34.9 Å². The van der Waals surface area contributed by atoms with Gasteiger partial charge in [-0.25, -0.2) is 26.3 Å². The summed E-state index contributed by atoms with van der Waals surface area (Å²) in [4.78, 5) is 12.7. The number of halogens is 6. The molecule has 3 aromatic carbocycles. The molecule has 8 heteroatoms. The van der Waals surface area contributed by atoms with E-state index in [1.807, 2.05) is 5.32 Å². The highest BCUT2D eigenvalue weighted by atomic mass is 19.2. The second-order valence-corrected chi connectivity index (χ2v) is 6.23. The number of hydrogen-bond acceptors (Lipinski definition) is 1. The molecule has 0 aliphatic rings. The number of nitrogens with one attached hydrogen (secondary N) is 1. The van der Waals surface area contributed by atoms with Gasteiger partial charge in [0.2, 0.25) is 11.7 Å². The smallest absolute Gasteiger partial charge is 0.232 e. The molecule has 0 radical (unpaired) electrons. The minimum absolute atomic E-state index is 0.00548. The van der Waals surface area contributed by atoms with Gasteiger partial charge in [-0.15, -0.1) is 0 Å². The summed E-state index contributed by atoms with van der Waals surface area (Å²) in [5, 5.41) is 1.81. The molecule has 0 heterocycles.